The molecule has 96 valence electrons. The molecule has 0 amide bonds. The molecule has 0 heterocycles. The Morgan fingerprint density at radius 2 is 1.94 bits per heavy atom. The molecule has 0 radical (unpaired) electrons. The predicted molar refractivity (Wildman–Crippen MR) is 73.6 cm³/mol. The van der Waals surface area contributed by atoms with Crippen LogP contribution < -0.4 is 10.5 Å². The van der Waals surface area contributed by atoms with E-state index in [1.165, 1.54) is 11.1 Å². The first-order valence-corrected chi connectivity index (χ1v) is 6.36. The van der Waals surface area contributed by atoms with Gasteiger partial charge in [0, 0.05) is 6.54 Å². The molecule has 0 saturated carbocycles. The van der Waals surface area contributed by atoms with Crippen molar-refractivity contribution in [2.75, 3.05) is 6.54 Å². The van der Waals surface area contributed by atoms with E-state index in [0.717, 1.165) is 12.2 Å². The van der Waals surface area contributed by atoms with Crippen LogP contribution in [0, 0.1) is 6.92 Å². The number of hydrogen-bond donors (Lipinski definition) is 1. The van der Waals surface area contributed by atoms with E-state index in [2.05, 4.69) is 52.8 Å². The summed E-state index contributed by atoms with van der Waals surface area (Å²) < 4.78 is 6.00. The van der Waals surface area contributed by atoms with Crippen LogP contribution in [0.4, 0.5) is 0 Å². The molecule has 1 aromatic carbocycles. The molecule has 0 aliphatic heterocycles. The number of rotatable bonds is 4. The molecule has 1 atom stereocenters. The highest BCUT2D eigenvalue weighted by Crippen LogP contribution is 2.32. The Hall–Kier alpha value is -1.02. The zero-order valence-electron chi connectivity index (χ0n) is 11.7. The van der Waals surface area contributed by atoms with E-state index in [0.29, 0.717) is 6.54 Å². The molecule has 0 spiro atoms. The van der Waals surface area contributed by atoms with Gasteiger partial charge in [-0.2, -0.15) is 0 Å². The van der Waals surface area contributed by atoms with Crippen molar-refractivity contribution >= 4 is 0 Å². The zero-order chi connectivity index (χ0) is 13.1. The van der Waals surface area contributed by atoms with Gasteiger partial charge >= 0.3 is 0 Å². The topological polar surface area (TPSA) is 35.2 Å². The first-order valence-electron chi connectivity index (χ1n) is 6.36. The van der Waals surface area contributed by atoms with E-state index in [9.17, 15) is 0 Å². The Kier molecular flexibility index (Phi) is 4.58. The highest BCUT2D eigenvalue weighted by molar-refractivity contribution is 5.41. The maximum absolute atomic E-state index is 6.00. The Morgan fingerprint density at radius 3 is 2.41 bits per heavy atom. The highest BCUT2D eigenvalue weighted by atomic mass is 16.5. The largest absolute Gasteiger partial charge is 0.489 e. The molecule has 2 nitrogen and oxygen atoms in total. The van der Waals surface area contributed by atoms with Crippen LogP contribution in [0.1, 0.15) is 45.2 Å². The fraction of sp³-hybridized carbons (Fsp3) is 0.600. The fourth-order valence-electron chi connectivity index (χ4n) is 1.81. The van der Waals surface area contributed by atoms with Crippen LogP contribution in [0.5, 0.6) is 5.75 Å². The van der Waals surface area contributed by atoms with E-state index in [1.807, 2.05) is 0 Å². The summed E-state index contributed by atoms with van der Waals surface area (Å²) in [6.07, 6.45) is 1.05. The maximum Gasteiger partial charge on any atom is 0.123 e. The van der Waals surface area contributed by atoms with Gasteiger partial charge in [-0.25, -0.2) is 0 Å². The zero-order valence-corrected chi connectivity index (χ0v) is 11.7. The van der Waals surface area contributed by atoms with Crippen molar-refractivity contribution < 1.29 is 4.74 Å². The van der Waals surface area contributed by atoms with Crippen LogP contribution >= 0.6 is 0 Å². The van der Waals surface area contributed by atoms with E-state index in [1.54, 1.807) is 0 Å². The number of benzene rings is 1. The average molecular weight is 235 g/mol. The van der Waals surface area contributed by atoms with Gasteiger partial charge in [0.1, 0.15) is 11.9 Å². The smallest absolute Gasteiger partial charge is 0.123 e. The Labute approximate surface area is 105 Å². The second-order valence-electron chi connectivity index (χ2n) is 5.63. The number of aryl methyl sites for hydroxylation is 1. The molecule has 0 aromatic heterocycles. The molecule has 0 aliphatic carbocycles. The van der Waals surface area contributed by atoms with E-state index < -0.39 is 0 Å². The molecule has 2 heteroatoms. The molecule has 2 N–H and O–H groups in total. The van der Waals surface area contributed by atoms with Gasteiger partial charge in [-0.3, -0.25) is 0 Å². The molecule has 0 saturated heterocycles. The van der Waals surface area contributed by atoms with Crippen molar-refractivity contribution in [2.45, 2.75) is 52.6 Å². The standard InChI is InChI=1S/C15H25NO/c1-6-12(10-16)17-14-8-7-11(2)9-13(14)15(3,4)5/h7-9,12H,6,10,16H2,1-5H3. The maximum atomic E-state index is 6.00. The van der Waals surface area contributed by atoms with Crippen LogP contribution in [0.15, 0.2) is 18.2 Å². The molecule has 17 heavy (non-hydrogen) atoms. The van der Waals surface area contributed by atoms with Gasteiger partial charge in [0.15, 0.2) is 0 Å². The number of nitrogens with two attached hydrogens (primary N) is 1. The summed E-state index contributed by atoms with van der Waals surface area (Å²) in [7, 11) is 0. The first kappa shape index (κ1) is 14.0. The predicted octanol–water partition coefficient (Wildman–Crippen LogP) is 3.41. The van der Waals surface area contributed by atoms with Crippen LogP contribution in [-0.4, -0.2) is 12.6 Å². The van der Waals surface area contributed by atoms with Crippen LogP contribution in [0.25, 0.3) is 0 Å². The summed E-state index contributed by atoms with van der Waals surface area (Å²) in [4.78, 5) is 0. The van der Waals surface area contributed by atoms with Crippen molar-refractivity contribution in [2.24, 2.45) is 5.73 Å². The lowest BCUT2D eigenvalue weighted by molar-refractivity contribution is 0.201. The summed E-state index contributed by atoms with van der Waals surface area (Å²) in [5, 5.41) is 0. The normalized spacial score (nSPS) is 13.5. The van der Waals surface area contributed by atoms with Crippen LogP contribution in [0.3, 0.4) is 0 Å². The SMILES string of the molecule is CCC(CN)Oc1ccc(C)cc1C(C)(C)C. The lowest BCUT2D eigenvalue weighted by Crippen LogP contribution is -2.27. The summed E-state index contributed by atoms with van der Waals surface area (Å²) in [5.41, 5.74) is 8.31. The molecular weight excluding hydrogens is 210 g/mol. The van der Waals surface area contributed by atoms with E-state index >= 15 is 0 Å². The van der Waals surface area contributed by atoms with Crippen molar-refractivity contribution in [3.05, 3.63) is 29.3 Å². The molecule has 0 bridgehead atoms. The van der Waals surface area contributed by atoms with Gasteiger partial charge < -0.3 is 10.5 Å². The molecular formula is C15H25NO. The number of ether oxygens (including phenoxy) is 1. The Morgan fingerprint density at radius 1 is 1.29 bits per heavy atom. The van der Waals surface area contributed by atoms with Crippen molar-refractivity contribution in [3.63, 3.8) is 0 Å². The van der Waals surface area contributed by atoms with Gasteiger partial charge in [0.05, 0.1) is 0 Å². The average Bonchev–Trinajstić information content (AvgIpc) is 2.26. The molecule has 0 fully saturated rings. The van der Waals surface area contributed by atoms with Crippen LogP contribution in [-0.2, 0) is 5.41 Å². The monoisotopic (exact) mass is 235 g/mol. The minimum Gasteiger partial charge on any atom is -0.489 e. The van der Waals surface area contributed by atoms with E-state index in [-0.39, 0.29) is 11.5 Å². The molecule has 1 unspecified atom stereocenters. The first-order chi connectivity index (χ1) is 7.88. The third-order valence-corrected chi connectivity index (χ3v) is 2.95. The quantitative estimate of drug-likeness (QED) is 0.868. The minimum atomic E-state index is 0.0915. The van der Waals surface area contributed by atoms with Gasteiger partial charge in [-0.05, 0) is 30.4 Å². The Bertz CT molecular complexity index is 362. The summed E-state index contributed by atoms with van der Waals surface area (Å²) in [6.45, 7) is 11.4. The van der Waals surface area contributed by atoms with Crippen LogP contribution in [0.2, 0.25) is 0 Å². The lowest BCUT2D eigenvalue weighted by atomic mass is 9.85. The van der Waals surface area contributed by atoms with Gasteiger partial charge in [0.2, 0.25) is 0 Å². The van der Waals surface area contributed by atoms with Crippen molar-refractivity contribution in [3.8, 4) is 5.75 Å². The molecule has 0 aliphatic rings. The van der Waals surface area contributed by atoms with E-state index in [4.69, 9.17) is 10.5 Å². The van der Waals surface area contributed by atoms with Gasteiger partial charge in [-0.1, -0.05) is 45.4 Å². The summed E-state index contributed by atoms with van der Waals surface area (Å²) in [6, 6.07) is 6.36. The van der Waals surface area contributed by atoms with Gasteiger partial charge in [-0.15, -0.1) is 0 Å². The molecule has 1 rings (SSSR count). The minimum absolute atomic E-state index is 0.0915. The Balaban J connectivity index is 3.06. The fourth-order valence-corrected chi connectivity index (χ4v) is 1.81. The summed E-state index contributed by atoms with van der Waals surface area (Å²) in [5.74, 6) is 0.973. The highest BCUT2D eigenvalue weighted by Gasteiger charge is 2.20. The summed E-state index contributed by atoms with van der Waals surface area (Å²) >= 11 is 0. The molecule has 1 aromatic rings. The second-order valence-corrected chi connectivity index (χ2v) is 5.63. The van der Waals surface area contributed by atoms with Crippen molar-refractivity contribution in [1.29, 1.82) is 0 Å². The lowest BCUT2D eigenvalue weighted by Gasteiger charge is -2.26. The second kappa shape index (κ2) is 5.54. The van der Waals surface area contributed by atoms with Gasteiger partial charge in [0.25, 0.3) is 0 Å². The van der Waals surface area contributed by atoms with Crippen molar-refractivity contribution in [1.82, 2.24) is 0 Å². The number of hydrogen-bond acceptors (Lipinski definition) is 2. The third kappa shape index (κ3) is 3.74. The third-order valence-electron chi connectivity index (χ3n) is 2.95.